The van der Waals surface area contributed by atoms with Gasteiger partial charge in [0.05, 0.1) is 6.54 Å². The lowest BCUT2D eigenvalue weighted by Gasteiger charge is -2.18. The van der Waals surface area contributed by atoms with Gasteiger partial charge in [0.25, 0.3) is 0 Å². The highest BCUT2D eigenvalue weighted by Gasteiger charge is 2.27. The predicted molar refractivity (Wildman–Crippen MR) is 162 cm³/mol. The van der Waals surface area contributed by atoms with Gasteiger partial charge in [-0.2, -0.15) is 0 Å². The van der Waals surface area contributed by atoms with E-state index >= 15 is 0 Å². The van der Waals surface area contributed by atoms with Gasteiger partial charge in [-0.15, -0.1) is 5.10 Å². The number of tetrazole rings is 1. The monoisotopic (exact) mass is 576 g/mol. The maximum atomic E-state index is 12.9. The van der Waals surface area contributed by atoms with E-state index in [0.717, 1.165) is 47.3 Å². The van der Waals surface area contributed by atoms with E-state index in [9.17, 15) is 4.79 Å². The molecule has 11 nitrogen and oxygen atoms in total. The summed E-state index contributed by atoms with van der Waals surface area (Å²) in [5.74, 6) is 1.41. The largest absolute Gasteiger partial charge is 0.350 e. The van der Waals surface area contributed by atoms with Crippen molar-refractivity contribution in [1.82, 2.24) is 35.2 Å². The lowest BCUT2D eigenvalue weighted by atomic mass is 9.97. The highest BCUT2D eigenvalue weighted by atomic mass is 16.7. The number of carbonyl (C=O) groups excluding carboxylic acids is 1. The fourth-order valence-corrected chi connectivity index (χ4v) is 5.38. The van der Waals surface area contributed by atoms with Crippen LogP contribution in [0, 0.1) is 0 Å². The minimum atomic E-state index is -0.793. The van der Waals surface area contributed by atoms with Gasteiger partial charge in [-0.1, -0.05) is 61.9 Å². The molecule has 4 heterocycles. The van der Waals surface area contributed by atoms with Gasteiger partial charge in [-0.05, 0) is 45.7 Å². The minimum absolute atomic E-state index is 0.0885. The number of allylic oxidation sites excluding steroid dienone is 1. The van der Waals surface area contributed by atoms with Crippen molar-refractivity contribution >= 4 is 22.7 Å². The molecular formula is C32H32N8O3. The van der Waals surface area contributed by atoms with Crippen molar-refractivity contribution in [2.24, 2.45) is 4.99 Å². The Balaban J connectivity index is 1.50. The number of aromatic nitrogens is 7. The lowest BCUT2D eigenvalue weighted by molar-refractivity contribution is -0.112. The van der Waals surface area contributed by atoms with E-state index in [2.05, 4.69) is 67.4 Å². The quantitative estimate of drug-likeness (QED) is 0.211. The van der Waals surface area contributed by atoms with E-state index in [1.54, 1.807) is 26.5 Å². The molecule has 0 amide bonds. The van der Waals surface area contributed by atoms with Crippen LogP contribution in [0.5, 0.6) is 0 Å². The number of pyridine rings is 1. The molecule has 0 saturated carbocycles. The first-order valence-electron chi connectivity index (χ1n) is 14.3. The second-order valence-electron chi connectivity index (χ2n) is 10.3. The van der Waals surface area contributed by atoms with Gasteiger partial charge in [0.15, 0.2) is 17.3 Å². The van der Waals surface area contributed by atoms with Crippen molar-refractivity contribution in [3.05, 3.63) is 89.5 Å². The van der Waals surface area contributed by atoms with Gasteiger partial charge >= 0.3 is 0 Å². The lowest BCUT2D eigenvalue weighted by Crippen LogP contribution is -2.21. The molecule has 6 rings (SSSR count). The summed E-state index contributed by atoms with van der Waals surface area (Å²) >= 11 is 0. The number of benzene rings is 2. The maximum absolute atomic E-state index is 12.9. The molecule has 0 fully saturated rings. The van der Waals surface area contributed by atoms with Crippen molar-refractivity contribution in [1.29, 1.82) is 0 Å². The molecule has 1 N–H and O–H groups in total. The summed E-state index contributed by atoms with van der Waals surface area (Å²) in [6.45, 7) is 2.67. The Hall–Kier alpha value is -4.87. The van der Waals surface area contributed by atoms with E-state index < -0.39 is 6.29 Å². The number of aliphatic imine (C=N–C) groups is 1. The topological polar surface area (TPSA) is 133 Å². The first-order chi connectivity index (χ1) is 21.1. The zero-order valence-electron chi connectivity index (χ0n) is 24.3. The molecule has 0 unspecified atom stereocenters. The first kappa shape index (κ1) is 28.3. The second kappa shape index (κ2) is 12.6. The molecule has 1 aliphatic rings. The maximum Gasteiger partial charge on any atom is 0.201 e. The van der Waals surface area contributed by atoms with Gasteiger partial charge in [-0.3, -0.25) is 9.79 Å². The Morgan fingerprint density at radius 1 is 1.00 bits per heavy atom. The summed E-state index contributed by atoms with van der Waals surface area (Å²) in [6.07, 6.45) is 5.64. The van der Waals surface area contributed by atoms with Crippen LogP contribution in [0.15, 0.2) is 71.9 Å². The summed E-state index contributed by atoms with van der Waals surface area (Å²) in [6, 6.07) is 18.3. The molecule has 0 bridgehead atoms. The molecule has 0 aliphatic carbocycles. The molecule has 0 saturated heterocycles. The van der Waals surface area contributed by atoms with E-state index in [1.807, 2.05) is 24.3 Å². The molecule has 2 aromatic carbocycles. The highest BCUT2D eigenvalue weighted by molar-refractivity contribution is 6.47. The normalized spacial score (nSPS) is 13.3. The number of ketones is 1. The van der Waals surface area contributed by atoms with Crippen molar-refractivity contribution < 1.29 is 14.3 Å². The number of nitrogens with one attached hydrogen (secondary N) is 1. The van der Waals surface area contributed by atoms with Gasteiger partial charge in [-0.25, -0.2) is 15.1 Å². The molecule has 0 spiro atoms. The molecule has 218 valence electrons. The minimum Gasteiger partial charge on any atom is -0.350 e. The van der Waals surface area contributed by atoms with Crippen molar-refractivity contribution in [2.75, 3.05) is 14.2 Å². The molecule has 5 aromatic rings. The van der Waals surface area contributed by atoms with Crippen LogP contribution in [0.3, 0.4) is 0 Å². The van der Waals surface area contributed by atoms with E-state index in [0.29, 0.717) is 40.5 Å². The standard InChI is InChI=1S/C32H32N8O3/c1-4-5-13-27-34-25-18-24(28-26(41)12-9-16-33-28)29(32(42-2)43-3)35-31(25)40(27)19-20-14-15-22(21-10-7-6-8-11-21)23(17-20)30-36-38-39-37-30/h6-11,14-18,32H,4-5,12-13,19H2,1-3H3,(H,36,37,38,39). The van der Waals surface area contributed by atoms with Crippen LogP contribution in [-0.4, -0.2) is 60.9 Å². The fraction of sp³-hybridized carbons (Fsp3) is 0.281. The molecule has 3 aromatic heterocycles. The van der Waals surface area contributed by atoms with E-state index in [4.69, 9.17) is 19.4 Å². The number of imidazole rings is 1. The van der Waals surface area contributed by atoms with Gasteiger partial charge in [0.1, 0.15) is 22.7 Å². The number of aromatic amines is 1. The molecule has 1 aliphatic heterocycles. The number of hydrogen-bond donors (Lipinski definition) is 1. The number of hydrogen-bond acceptors (Lipinski definition) is 9. The summed E-state index contributed by atoms with van der Waals surface area (Å²) < 4.78 is 13.4. The van der Waals surface area contributed by atoms with Crippen LogP contribution in [0.25, 0.3) is 33.7 Å². The first-order valence-corrected chi connectivity index (χ1v) is 14.3. The van der Waals surface area contributed by atoms with Crippen LogP contribution < -0.4 is 0 Å². The van der Waals surface area contributed by atoms with Crippen LogP contribution in [0.4, 0.5) is 0 Å². The molecule has 43 heavy (non-hydrogen) atoms. The second-order valence-corrected chi connectivity index (χ2v) is 10.3. The Morgan fingerprint density at radius 2 is 1.84 bits per heavy atom. The summed E-state index contributed by atoms with van der Waals surface area (Å²) in [7, 11) is 3.10. The van der Waals surface area contributed by atoms with Gasteiger partial charge in [0.2, 0.25) is 6.29 Å². The highest BCUT2D eigenvalue weighted by Crippen LogP contribution is 2.32. The third-order valence-corrected chi connectivity index (χ3v) is 7.48. The van der Waals surface area contributed by atoms with E-state index in [1.165, 1.54) is 0 Å². The Kier molecular flexibility index (Phi) is 8.25. The molecule has 0 atom stereocenters. The fourth-order valence-electron chi connectivity index (χ4n) is 5.38. The third kappa shape index (κ3) is 5.64. The average Bonchev–Trinajstić information content (AvgIpc) is 3.70. The third-order valence-electron chi connectivity index (χ3n) is 7.48. The summed E-state index contributed by atoms with van der Waals surface area (Å²) in [4.78, 5) is 27.3. The van der Waals surface area contributed by atoms with Crippen LogP contribution in [-0.2, 0) is 27.2 Å². The molecule has 0 radical (unpaired) electrons. The van der Waals surface area contributed by atoms with Gasteiger partial charge in [0, 0.05) is 44.4 Å². The zero-order valence-corrected chi connectivity index (χ0v) is 24.3. The van der Waals surface area contributed by atoms with E-state index in [-0.39, 0.29) is 12.2 Å². The summed E-state index contributed by atoms with van der Waals surface area (Å²) in [5.41, 5.74) is 6.75. The SMILES string of the molecule is CCCCc1nc2cc(C3=NC=CCC3=O)c(C(OC)OC)nc2n1Cc1ccc(-c2ccccc2)c(-c2nnn[nH]2)c1. The number of Topliss-reactive ketones (excluding diaryl/α,β-unsaturated/α-hetero) is 1. The summed E-state index contributed by atoms with van der Waals surface area (Å²) in [5, 5.41) is 14.8. The number of aryl methyl sites for hydroxylation is 1. The number of ether oxygens (including phenoxy) is 2. The number of H-pyrrole nitrogens is 1. The number of fused-ring (bicyclic) bond motifs is 1. The number of methoxy groups -OCH3 is 2. The van der Waals surface area contributed by atoms with Crippen molar-refractivity contribution in [2.45, 2.75) is 45.4 Å². The number of rotatable bonds is 11. The number of unbranched alkanes of at least 4 members (excludes halogenated alkanes) is 1. The van der Waals surface area contributed by atoms with Crippen LogP contribution in [0.2, 0.25) is 0 Å². The van der Waals surface area contributed by atoms with Gasteiger partial charge < -0.3 is 14.0 Å². The Morgan fingerprint density at radius 3 is 2.56 bits per heavy atom. The van der Waals surface area contributed by atoms with Crippen molar-refractivity contribution in [3.8, 4) is 22.5 Å². The van der Waals surface area contributed by atoms with Crippen LogP contribution in [0.1, 0.15) is 55.1 Å². The van der Waals surface area contributed by atoms with Crippen molar-refractivity contribution in [3.63, 3.8) is 0 Å². The Bertz CT molecular complexity index is 1810. The smallest absolute Gasteiger partial charge is 0.201 e. The molecular weight excluding hydrogens is 544 g/mol. The zero-order chi connectivity index (χ0) is 29.8. The molecule has 11 heteroatoms. The Labute approximate surface area is 248 Å². The number of carbonyl (C=O) groups is 1. The van der Waals surface area contributed by atoms with Crippen LogP contribution >= 0.6 is 0 Å². The number of nitrogens with zero attached hydrogens (tertiary/aromatic N) is 7. The predicted octanol–water partition coefficient (Wildman–Crippen LogP) is 5.24. The average molecular weight is 577 g/mol.